The van der Waals surface area contributed by atoms with Gasteiger partial charge >= 0.3 is 11.8 Å². The van der Waals surface area contributed by atoms with Crippen LogP contribution >= 0.6 is 15.9 Å². The number of carbonyl (C=O) groups excluding carboxylic acids is 3. The number of amides is 3. The van der Waals surface area contributed by atoms with Gasteiger partial charge in [0.25, 0.3) is 5.91 Å². The fourth-order valence-electron chi connectivity index (χ4n) is 3.82. The first-order valence-electron chi connectivity index (χ1n) is 9.84. The quantitative estimate of drug-likeness (QED) is 0.484. The van der Waals surface area contributed by atoms with Gasteiger partial charge in [0.1, 0.15) is 11.9 Å². The van der Waals surface area contributed by atoms with E-state index < -0.39 is 17.9 Å². The SMILES string of the molecule is CCN1C(=O)[C@H](NC(=O)C(=O)NCCc2c[nH]c3ccc(F)cc23)c2cc(Br)ccc21. The maximum atomic E-state index is 13.5. The van der Waals surface area contributed by atoms with Crippen molar-refractivity contribution in [1.82, 2.24) is 15.6 Å². The Morgan fingerprint density at radius 1 is 1.19 bits per heavy atom. The smallest absolute Gasteiger partial charge is 0.310 e. The maximum Gasteiger partial charge on any atom is 0.310 e. The maximum absolute atomic E-state index is 13.5. The number of aromatic amines is 1. The molecule has 3 aromatic rings. The van der Waals surface area contributed by atoms with Crippen molar-refractivity contribution in [3.63, 3.8) is 0 Å². The fraction of sp³-hybridized carbons (Fsp3) is 0.227. The normalized spacial score (nSPS) is 15.3. The predicted molar refractivity (Wildman–Crippen MR) is 118 cm³/mol. The van der Waals surface area contributed by atoms with E-state index >= 15 is 0 Å². The zero-order chi connectivity index (χ0) is 22.1. The first kappa shape index (κ1) is 21.0. The number of nitrogens with one attached hydrogen (secondary N) is 3. The van der Waals surface area contributed by atoms with Crippen LogP contribution in [0.3, 0.4) is 0 Å². The monoisotopic (exact) mass is 486 g/mol. The number of H-pyrrole nitrogens is 1. The molecule has 3 amide bonds. The Kier molecular flexibility index (Phi) is 5.77. The van der Waals surface area contributed by atoms with Gasteiger partial charge in [-0.15, -0.1) is 0 Å². The second kappa shape index (κ2) is 8.50. The Bertz CT molecular complexity index is 1190. The van der Waals surface area contributed by atoms with E-state index in [0.717, 1.165) is 20.9 Å². The van der Waals surface area contributed by atoms with Gasteiger partial charge in [0, 0.05) is 45.9 Å². The number of nitrogens with zero attached hydrogens (tertiary/aromatic N) is 1. The van der Waals surface area contributed by atoms with E-state index in [1.54, 1.807) is 29.3 Å². The summed E-state index contributed by atoms with van der Waals surface area (Å²) in [5.41, 5.74) is 2.99. The topological polar surface area (TPSA) is 94.3 Å². The Balaban J connectivity index is 1.39. The number of halogens is 2. The summed E-state index contributed by atoms with van der Waals surface area (Å²) >= 11 is 3.38. The molecule has 1 aliphatic rings. The second-order valence-corrected chi connectivity index (χ2v) is 8.12. The molecular weight excluding hydrogens is 467 g/mol. The van der Waals surface area contributed by atoms with E-state index in [4.69, 9.17) is 0 Å². The van der Waals surface area contributed by atoms with Crippen molar-refractivity contribution in [1.29, 1.82) is 0 Å². The van der Waals surface area contributed by atoms with Gasteiger partial charge in [-0.2, -0.15) is 0 Å². The van der Waals surface area contributed by atoms with Crippen LogP contribution in [0.15, 0.2) is 47.1 Å². The number of anilines is 1. The van der Waals surface area contributed by atoms with E-state index in [1.165, 1.54) is 12.1 Å². The lowest BCUT2D eigenvalue weighted by Crippen LogP contribution is -2.44. The molecule has 31 heavy (non-hydrogen) atoms. The molecule has 0 saturated carbocycles. The van der Waals surface area contributed by atoms with E-state index in [9.17, 15) is 18.8 Å². The number of rotatable bonds is 5. The van der Waals surface area contributed by atoms with Crippen LogP contribution in [0.25, 0.3) is 10.9 Å². The molecule has 9 heteroatoms. The minimum atomic E-state index is -0.915. The summed E-state index contributed by atoms with van der Waals surface area (Å²) in [5, 5.41) is 5.83. The van der Waals surface area contributed by atoms with Gasteiger partial charge in [-0.1, -0.05) is 15.9 Å². The summed E-state index contributed by atoms with van der Waals surface area (Å²) in [6.07, 6.45) is 2.17. The zero-order valence-electron chi connectivity index (χ0n) is 16.7. The minimum absolute atomic E-state index is 0.192. The van der Waals surface area contributed by atoms with Crippen molar-refractivity contribution in [2.45, 2.75) is 19.4 Å². The van der Waals surface area contributed by atoms with Crippen molar-refractivity contribution < 1.29 is 18.8 Å². The van der Waals surface area contributed by atoms with Gasteiger partial charge in [0.2, 0.25) is 0 Å². The first-order valence-corrected chi connectivity index (χ1v) is 10.6. The number of hydrogen-bond donors (Lipinski definition) is 3. The Hall–Kier alpha value is -3.20. The van der Waals surface area contributed by atoms with Gasteiger partial charge in [-0.05, 0) is 55.3 Å². The van der Waals surface area contributed by atoms with Crippen molar-refractivity contribution >= 4 is 50.2 Å². The van der Waals surface area contributed by atoms with Crippen LogP contribution in [0.5, 0.6) is 0 Å². The molecule has 1 aromatic heterocycles. The zero-order valence-corrected chi connectivity index (χ0v) is 18.3. The molecule has 1 aliphatic heterocycles. The number of fused-ring (bicyclic) bond motifs is 2. The van der Waals surface area contributed by atoms with Crippen molar-refractivity contribution in [2.24, 2.45) is 0 Å². The van der Waals surface area contributed by atoms with Crippen LogP contribution in [-0.4, -0.2) is 35.8 Å². The third-order valence-electron chi connectivity index (χ3n) is 5.31. The number of likely N-dealkylation sites (N-methyl/N-ethyl adjacent to an activating group) is 1. The van der Waals surface area contributed by atoms with Crippen molar-refractivity contribution in [3.05, 3.63) is 64.0 Å². The standard InChI is InChI=1S/C22H20BrFN4O3/c1-2-28-18-6-3-13(23)9-16(18)19(22(28)31)27-21(30)20(29)25-8-7-12-11-26-17-5-4-14(24)10-15(12)17/h3-6,9-11,19,26H,2,7-8H2,1H3,(H,25,29)(H,27,30)/t19-/m1/s1. The molecule has 0 aliphatic carbocycles. The van der Waals surface area contributed by atoms with Gasteiger partial charge in [-0.25, -0.2) is 4.39 Å². The van der Waals surface area contributed by atoms with Gasteiger partial charge in [0.15, 0.2) is 0 Å². The second-order valence-electron chi connectivity index (χ2n) is 7.20. The summed E-state index contributed by atoms with van der Waals surface area (Å²) in [7, 11) is 0. The van der Waals surface area contributed by atoms with Crippen LogP contribution in [0.1, 0.15) is 24.1 Å². The van der Waals surface area contributed by atoms with Crippen LogP contribution in [-0.2, 0) is 20.8 Å². The lowest BCUT2D eigenvalue weighted by Gasteiger charge is -2.15. The Morgan fingerprint density at radius 2 is 2.00 bits per heavy atom. The van der Waals surface area contributed by atoms with Crippen LogP contribution in [0.4, 0.5) is 10.1 Å². The van der Waals surface area contributed by atoms with E-state index in [2.05, 4.69) is 31.5 Å². The van der Waals surface area contributed by atoms with E-state index in [1.807, 2.05) is 13.0 Å². The van der Waals surface area contributed by atoms with Crippen LogP contribution in [0, 0.1) is 5.82 Å². The predicted octanol–water partition coefficient (Wildman–Crippen LogP) is 2.95. The van der Waals surface area contributed by atoms with Gasteiger partial charge < -0.3 is 20.5 Å². The van der Waals surface area contributed by atoms with Crippen LogP contribution < -0.4 is 15.5 Å². The highest BCUT2D eigenvalue weighted by Gasteiger charge is 2.38. The molecule has 1 atom stereocenters. The summed E-state index contributed by atoms with van der Waals surface area (Å²) in [6, 6.07) is 8.92. The summed E-state index contributed by atoms with van der Waals surface area (Å²) in [4.78, 5) is 42.0. The van der Waals surface area contributed by atoms with Gasteiger partial charge in [-0.3, -0.25) is 14.4 Å². The number of benzene rings is 2. The highest BCUT2D eigenvalue weighted by atomic mass is 79.9. The van der Waals surface area contributed by atoms with E-state index in [0.29, 0.717) is 24.2 Å². The molecule has 0 bridgehead atoms. The first-order chi connectivity index (χ1) is 14.9. The molecule has 0 fully saturated rings. The molecule has 0 spiro atoms. The highest BCUT2D eigenvalue weighted by molar-refractivity contribution is 9.10. The molecule has 3 N–H and O–H groups in total. The summed E-state index contributed by atoms with van der Waals surface area (Å²) in [5.74, 6) is -2.33. The molecule has 2 heterocycles. The molecule has 0 radical (unpaired) electrons. The fourth-order valence-corrected chi connectivity index (χ4v) is 4.20. The highest BCUT2D eigenvalue weighted by Crippen LogP contribution is 2.37. The van der Waals surface area contributed by atoms with Gasteiger partial charge in [0.05, 0.1) is 0 Å². The van der Waals surface area contributed by atoms with E-state index in [-0.39, 0.29) is 18.3 Å². The Morgan fingerprint density at radius 3 is 2.77 bits per heavy atom. The van der Waals surface area contributed by atoms with Crippen molar-refractivity contribution in [3.8, 4) is 0 Å². The molecule has 0 unspecified atom stereocenters. The molecule has 160 valence electrons. The molecule has 4 rings (SSSR count). The molecule has 2 aromatic carbocycles. The molecule has 0 saturated heterocycles. The molecular formula is C22H20BrFN4O3. The number of carbonyl (C=O) groups is 3. The largest absolute Gasteiger partial charge is 0.361 e. The average molecular weight is 487 g/mol. The summed E-state index contributed by atoms with van der Waals surface area (Å²) in [6.45, 7) is 2.49. The third-order valence-corrected chi connectivity index (χ3v) is 5.80. The lowest BCUT2D eigenvalue weighted by molar-refractivity contribution is -0.140. The lowest BCUT2D eigenvalue weighted by atomic mass is 10.1. The molecule has 7 nitrogen and oxygen atoms in total. The van der Waals surface area contributed by atoms with Crippen LogP contribution in [0.2, 0.25) is 0 Å². The Labute approximate surface area is 186 Å². The average Bonchev–Trinajstić information content (AvgIpc) is 3.26. The number of aromatic nitrogens is 1. The summed E-state index contributed by atoms with van der Waals surface area (Å²) < 4.78 is 14.3. The van der Waals surface area contributed by atoms with Crippen molar-refractivity contribution in [2.75, 3.05) is 18.0 Å². The third kappa shape index (κ3) is 4.05. The minimum Gasteiger partial charge on any atom is -0.361 e. The number of hydrogen-bond acceptors (Lipinski definition) is 3.